The second-order valence-corrected chi connectivity index (χ2v) is 4.24. The molecule has 0 aliphatic carbocycles. The van der Waals surface area contributed by atoms with Gasteiger partial charge >= 0.3 is 5.97 Å². The van der Waals surface area contributed by atoms with E-state index in [-0.39, 0.29) is 6.42 Å². The topological polar surface area (TPSA) is 49.8 Å². The molecule has 0 fully saturated rings. The number of hydrogen-bond acceptors (Lipinski definition) is 3. The number of aryl methyl sites for hydroxylation is 1. The monoisotopic (exact) mass is 251 g/mol. The molecule has 1 rings (SSSR count). The third-order valence-electron chi connectivity index (χ3n) is 2.75. The molecule has 1 aromatic rings. The van der Waals surface area contributed by atoms with Crippen molar-refractivity contribution in [3.05, 3.63) is 29.8 Å². The zero-order chi connectivity index (χ0) is 13.4. The molecule has 1 N–H and O–H groups in total. The fourth-order valence-corrected chi connectivity index (χ4v) is 1.68. The van der Waals surface area contributed by atoms with Gasteiger partial charge in [0.1, 0.15) is 12.4 Å². The summed E-state index contributed by atoms with van der Waals surface area (Å²) < 4.78 is 5.64. The lowest BCUT2D eigenvalue weighted by molar-refractivity contribution is -0.137. The number of carboxylic acids is 1. The molecule has 0 atom stereocenters. The standard InChI is InChI=1S/C14H21NO3/c1-3-15(8-7-14(16)17)9-10-18-13-6-4-5-12(2)11-13/h4-6,11H,3,7-10H2,1-2H3,(H,16,17). The Morgan fingerprint density at radius 3 is 2.78 bits per heavy atom. The van der Waals surface area contributed by atoms with Crippen LogP contribution in [0.1, 0.15) is 18.9 Å². The number of nitrogens with zero attached hydrogens (tertiary/aromatic N) is 1. The molecule has 1 aromatic carbocycles. The lowest BCUT2D eigenvalue weighted by Crippen LogP contribution is -2.30. The largest absolute Gasteiger partial charge is 0.492 e. The maximum Gasteiger partial charge on any atom is 0.304 e. The van der Waals surface area contributed by atoms with Crippen LogP contribution in [0.4, 0.5) is 0 Å². The number of likely N-dealkylation sites (N-methyl/N-ethyl adjacent to an activating group) is 1. The van der Waals surface area contributed by atoms with E-state index in [0.29, 0.717) is 13.2 Å². The van der Waals surface area contributed by atoms with E-state index in [1.54, 1.807) is 0 Å². The van der Waals surface area contributed by atoms with Crippen LogP contribution in [0.2, 0.25) is 0 Å². The zero-order valence-corrected chi connectivity index (χ0v) is 11.1. The maximum absolute atomic E-state index is 10.5. The predicted octanol–water partition coefficient (Wildman–Crippen LogP) is 2.17. The molecule has 100 valence electrons. The molecule has 0 heterocycles. The van der Waals surface area contributed by atoms with Crippen molar-refractivity contribution in [3.63, 3.8) is 0 Å². The van der Waals surface area contributed by atoms with Crippen molar-refractivity contribution in [1.82, 2.24) is 4.90 Å². The summed E-state index contributed by atoms with van der Waals surface area (Å²) in [6.45, 7) is 6.79. The highest BCUT2D eigenvalue weighted by Crippen LogP contribution is 2.12. The van der Waals surface area contributed by atoms with Gasteiger partial charge in [-0.05, 0) is 31.2 Å². The molecule has 0 spiro atoms. The van der Waals surface area contributed by atoms with Crippen LogP contribution in [-0.4, -0.2) is 42.2 Å². The minimum Gasteiger partial charge on any atom is -0.492 e. The van der Waals surface area contributed by atoms with Gasteiger partial charge in [0.15, 0.2) is 0 Å². The lowest BCUT2D eigenvalue weighted by atomic mass is 10.2. The van der Waals surface area contributed by atoms with Crippen molar-refractivity contribution in [3.8, 4) is 5.75 Å². The van der Waals surface area contributed by atoms with Crippen molar-refractivity contribution in [2.75, 3.05) is 26.2 Å². The van der Waals surface area contributed by atoms with Crippen LogP contribution >= 0.6 is 0 Å². The van der Waals surface area contributed by atoms with Crippen molar-refractivity contribution < 1.29 is 14.6 Å². The number of hydrogen-bond donors (Lipinski definition) is 1. The first-order chi connectivity index (χ1) is 8.61. The highest BCUT2D eigenvalue weighted by molar-refractivity contribution is 5.66. The summed E-state index contributed by atoms with van der Waals surface area (Å²) in [4.78, 5) is 12.6. The molecule has 0 aliphatic rings. The molecular weight excluding hydrogens is 230 g/mol. The second kappa shape index (κ2) is 7.71. The number of rotatable bonds is 8. The Morgan fingerprint density at radius 1 is 1.39 bits per heavy atom. The molecule has 0 saturated carbocycles. The Hall–Kier alpha value is -1.55. The van der Waals surface area contributed by atoms with Crippen molar-refractivity contribution in [2.45, 2.75) is 20.3 Å². The number of benzene rings is 1. The molecule has 0 unspecified atom stereocenters. The number of carbonyl (C=O) groups is 1. The molecule has 0 bridgehead atoms. The Balaban J connectivity index is 2.28. The van der Waals surface area contributed by atoms with Crippen LogP contribution in [-0.2, 0) is 4.79 Å². The Kier molecular flexibility index (Phi) is 6.22. The van der Waals surface area contributed by atoms with Crippen LogP contribution in [0, 0.1) is 6.92 Å². The van der Waals surface area contributed by atoms with E-state index in [1.165, 1.54) is 5.56 Å². The van der Waals surface area contributed by atoms with Crippen LogP contribution < -0.4 is 4.74 Å². The van der Waals surface area contributed by atoms with Gasteiger partial charge in [-0.1, -0.05) is 19.1 Å². The second-order valence-electron chi connectivity index (χ2n) is 4.24. The number of carboxylic acid groups (broad SMARTS) is 1. The summed E-state index contributed by atoms with van der Waals surface area (Å²) in [5, 5.41) is 8.63. The van der Waals surface area contributed by atoms with Gasteiger partial charge in [0.05, 0.1) is 6.42 Å². The average molecular weight is 251 g/mol. The third kappa shape index (κ3) is 5.68. The Bertz CT molecular complexity index is 379. The average Bonchev–Trinajstić information content (AvgIpc) is 2.33. The Labute approximate surface area is 108 Å². The highest BCUT2D eigenvalue weighted by atomic mass is 16.5. The van der Waals surface area contributed by atoms with Gasteiger partial charge in [-0.25, -0.2) is 0 Å². The third-order valence-corrected chi connectivity index (χ3v) is 2.75. The normalized spacial score (nSPS) is 10.6. The Morgan fingerprint density at radius 2 is 2.17 bits per heavy atom. The van der Waals surface area contributed by atoms with Gasteiger partial charge in [-0.3, -0.25) is 9.69 Å². The zero-order valence-electron chi connectivity index (χ0n) is 11.1. The van der Waals surface area contributed by atoms with Crippen molar-refractivity contribution >= 4 is 5.97 Å². The van der Waals surface area contributed by atoms with E-state index in [9.17, 15) is 4.79 Å². The van der Waals surface area contributed by atoms with Gasteiger partial charge < -0.3 is 9.84 Å². The SMILES string of the molecule is CCN(CCOc1cccc(C)c1)CCC(=O)O. The van der Waals surface area contributed by atoms with Crippen LogP contribution in [0.15, 0.2) is 24.3 Å². The molecule has 18 heavy (non-hydrogen) atoms. The fraction of sp³-hybridized carbons (Fsp3) is 0.500. The van der Waals surface area contributed by atoms with E-state index in [0.717, 1.165) is 18.8 Å². The summed E-state index contributed by atoms with van der Waals surface area (Å²) in [5.74, 6) is 0.109. The van der Waals surface area contributed by atoms with Crippen LogP contribution in [0.25, 0.3) is 0 Å². The van der Waals surface area contributed by atoms with E-state index in [4.69, 9.17) is 9.84 Å². The molecule has 4 nitrogen and oxygen atoms in total. The summed E-state index contributed by atoms with van der Waals surface area (Å²) in [5.41, 5.74) is 1.17. The molecule has 0 saturated heterocycles. The van der Waals surface area contributed by atoms with Gasteiger partial charge in [0.2, 0.25) is 0 Å². The van der Waals surface area contributed by atoms with Crippen LogP contribution in [0.5, 0.6) is 5.75 Å². The number of aliphatic carboxylic acids is 1. The first-order valence-electron chi connectivity index (χ1n) is 6.25. The first kappa shape index (κ1) is 14.5. The van der Waals surface area contributed by atoms with Crippen LogP contribution in [0.3, 0.4) is 0 Å². The number of ether oxygens (including phenoxy) is 1. The van der Waals surface area contributed by atoms with Gasteiger partial charge in [-0.2, -0.15) is 0 Å². The molecule has 0 aliphatic heterocycles. The highest BCUT2D eigenvalue weighted by Gasteiger charge is 2.05. The summed E-state index contributed by atoms with van der Waals surface area (Å²) >= 11 is 0. The van der Waals surface area contributed by atoms with Crippen molar-refractivity contribution in [2.24, 2.45) is 0 Å². The van der Waals surface area contributed by atoms with E-state index in [2.05, 4.69) is 4.90 Å². The van der Waals surface area contributed by atoms with Gasteiger partial charge in [0, 0.05) is 13.1 Å². The molecule has 4 heteroatoms. The lowest BCUT2D eigenvalue weighted by Gasteiger charge is -2.19. The molecule has 0 radical (unpaired) electrons. The summed E-state index contributed by atoms with van der Waals surface area (Å²) in [6.07, 6.45) is 0.179. The van der Waals surface area contributed by atoms with Crippen molar-refractivity contribution in [1.29, 1.82) is 0 Å². The predicted molar refractivity (Wildman–Crippen MR) is 71.0 cm³/mol. The van der Waals surface area contributed by atoms with E-state index in [1.807, 2.05) is 38.1 Å². The van der Waals surface area contributed by atoms with E-state index < -0.39 is 5.97 Å². The minimum atomic E-state index is -0.756. The molecule has 0 aromatic heterocycles. The van der Waals surface area contributed by atoms with Gasteiger partial charge in [0.25, 0.3) is 0 Å². The molecule has 0 amide bonds. The summed E-state index contributed by atoms with van der Waals surface area (Å²) in [7, 11) is 0. The van der Waals surface area contributed by atoms with Gasteiger partial charge in [-0.15, -0.1) is 0 Å². The fourth-order valence-electron chi connectivity index (χ4n) is 1.68. The minimum absolute atomic E-state index is 0.179. The maximum atomic E-state index is 10.5. The first-order valence-corrected chi connectivity index (χ1v) is 6.25. The molecular formula is C14H21NO3. The quantitative estimate of drug-likeness (QED) is 0.769. The van der Waals surface area contributed by atoms with E-state index >= 15 is 0 Å². The smallest absolute Gasteiger partial charge is 0.304 e. The summed E-state index contributed by atoms with van der Waals surface area (Å²) in [6, 6.07) is 7.92.